The Bertz CT molecular complexity index is 702. The van der Waals surface area contributed by atoms with Crippen molar-refractivity contribution in [1.82, 2.24) is 0 Å². The van der Waals surface area contributed by atoms with Gasteiger partial charge in [-0.05, 0) is 0 Å². The van der Waals surface area contributed by atoms with Crippen molar-refractivity contribution >= 4 is 18.4 Å². The molecule has 2 heteroatoms. The van der Waals surface area contributed by atoms with Crippen LogP contribution in [0.15, 0.2) is 70.8 Å². The van der Waals surface area contributed by atoms with Crippen LogP contribution in [-0.4, -0.2) is 30.6 Å². The van der Waals surface area contributed by atoms with Crippen LogP contribution < -0.4 is 0 Å². The summed E-state index contributed by atoms with van der Waals surface area (Å²) in [5, 5.41) is 0. The molecule has 0 aliphatic carbocycles. The normalized spacial score (nSPS) is 23.1. The molecular formula is C25H34OSn. The van der Waals surface area contributed by atoms with Crippen LogP contribution in [0.5, 0.6) is 0 Å². The molecule has 1 fully saturated rings. The molecule has 0 radical (unpaired) electrons. The molecule has 0 saturated carbocycles. The first-order chi connectivity index (χ1) is 13.0. The van der Waals surface area contributed by atoms with Gasteiger partial charge in [-0.1, -0.05) is 0 Å². The van der Waals surface area contributed by atoms with Gasteiger partial charge in [-0.3, -0.25) is 0 Å². The van der Waals surface area contributed by atoms with Gasteiger partial charge < -0.3 is 0 Å². The topological polar surface area (TPSA) is 9.23 Å². The molecule has 1 nitrogen and oxygen atoms in total. The number of rotatable bonds is 8. The van der Waals surface area contributed by atoms with Gasteiger partial charge in [0.1, 0.15) is 0 Å². The number of aryl methyl sites for hydroxylation is 2. The molecule has 1 aliphatic rings. The molecule has 3 atom stereocenters. The molecule has 2 aromatic rings. The molecule has 0 unspecified atom stereocenters. The molecule has 1 aliphatic heterocycles. The predicted octanol–water partition coefficient (Wildman–Crippen LogP) is 6.46. The zero-order chi connectivity index (χ0) is 19.1. The Labute approximate surface area is 169 Å². The van der Waals surface area contributed by atoms with Crippen molar-refractivity contribution in [2.24, 2.45) is 5.92 Å². The summed E-state index contributed by atoms with van der Waals surface area (Å²) >= 11 is -1.89. The van der Waals surface area contributed by atoms with Gasteiger partial charge in [0.05, 0.1) is 0 Å². The third-order valence-electron chi connectivity index (χ3n) is 5.38. The minimum absolute atomic E-state index is 0.371. The van der Waals surface area contributed by atoms with E-state index in [0.717, 1.165) is 25.7 Å². The van der Waals surface area contributed by atoms with Crippen LogP contribution >= 0.6 is 0 Å². The van der Waals surface area contributed by atoms with Gasteiger partial charge in [0.25, 0.3) is 0 Å². The molecule has 27 heavy (non-hydrogen) atoms. The van der Waals surface area contributed by atoms with E-state index in [9.17, 15) is 0 Å². The summed E-state index contributed by atoms with van der Waals surface area (Å²) in [5.74, 6) is 0.588. The van der Waals surface area contributed by atoms with Crippen molar-refractivity contribution in [2.45, 2.75) is 59.1 Å². The molecular weight excluding hydrogens is 435 g/mol. The van der Waals surface area contributed by atoms with E-state index in [1.165, 1.54) is 17.5 Å². The maximum absolute atomic E-state index is 6.55. The van der Waals surface area contributed by atoms with Crippen LogP contribution in [0.3, 0.4) is 0 Å². The fourth-order valence-corrected chi connectivity index (χ4v) is 6.22. The van der Waals surface area contributed by atoms with Crippen molar-refractivity contribution < 1.29 is 4.74 Å². The first-order valence-corrected chi connectivity index (χ1v) is 20.6. The van der Waals surface area contributed by atoms with Crippen LogP contribution in [0, 0.1) is 5.92 Å². The van der Waals surface area contributed by atoms with Crippen molar-refractivity contribution in [1.29, 1.82) is 0 Å². The summed E-state index contributed by atoms with van der Waals surface area (Å²) in [4.78, 5) is 7.44. The molecule has 0 aromatic heterocycles. The van der Waals surface area contributed by atoms with Crippen molar-refractivity contribution in [3.63, 3.8) is 0 Å². The Kier molecular flexibility index (Phi) is 7.60. The average molecular weight is 469 g/mol. The third-order valence-corrected chi connectivity index (χ3v) is 8.78. The van der Waals surface area contributed by atoms with E-state index in [1.807, 2.05) is 0 Å². The number of hydrogen-bond acceptors (Lipinski definition) is 1. The minimum atomic E-state index is -1.89. The summed E-state index contributed by atoms with van der Waals surface area (Å²) < 4.78 is 9.14. The van der Waals surface area contributed by atoms with Crippen molar-refractivity contribution in [2.75, 3.05) is 0 Å². The third kappa shape index (κ3) is 7.12. The van der Waals surface area contributed by atoms with Crippen LogP contribution in [0.25, 0.3) is 0 Å². The summed E-state index contributed by atoms with van der Waals surface area (Å²) in [6, 6.07) is 21.7. The molecule has 1 heterocycles. The summed E-state index contributed by atoms with van der Waals surface area (Å²) in [7, 11) is 0. The van der Waals surface area contributed by atoms with Gasteiger partial charge >= 0.3 is 170 Å². The van der Waals surface area contributed by atoms with Gasteiger partial charge in [-0.2, -0.15) is 0 Å². The van der Waals surface area contributed by atoms with E-state index in [1.54, 1.807) is 0 Å². The van der Waals surface area contributed by atoms with Crippen LogP contribution in [0.4, 0.5) is 0 Å². The standard InChI is InChI=1S/C22H25O.3CH3.Sn/c1-2-20-17-21(15-13-18-9-5-3-6-10-18)23-22(20)16-14-19-11-7-4-8-12-19;;;;/h1-12,20-22H,13-17H2;3*1H3;/t20-,21-,22+;;;;/m0..../s1. The Morgan fingerprint density at radius 3 is 1.96 bits per heavy atom. The molecule has 0 amide bonds. The zero-order valence-electron chi connectivity index (χ0n) is 17.1. The molecule has 0 N–H and O–H groups in total. The summed E-state index contributed by atoms with van der Waals surface area (Å²) in [6.45, 7) is 0. The molecule has 2 aromatic carbocycles. The summed E-state index contributed by atoms with van der Waals surface area (Å²) in [5.41, 5.74) is 2.85. The first-order valence-electron chi connectivity index (χ1n) is 10.4. The SMILES string of the molecule is [CH3][Sn]([CH3])([CH3])/[CH]=C/[C@H]1C[C@H](CCc2ccccc2)O[C@@H]1CCc1ccccc1. The Hall–Kier alpha value is -1.06. The van der Waals surface area contributed by atoms with Crippen LogP contribution in [-0.2, 0) is 17.6 Å². The van der Waals surface area contributed by atoms with Crippen LogP contribution in [0.1, 0.15) is 30.4 Å². The molecule has 0 bridgehead atoms. The Morgan fingerprint density at radius 2 is 1.41 bits per heavy atom. The van der Waals surface area contributed by atoms with Gasteiger partial charge in [0.15, 0.2) is 0 Å². The van der Waals surface area contributed by atoms with Gasteiger partial charge in [-0.25, -0.2) is 0 Å². The Morgan fingerprint density at radius 1 is 0.852 bits per heavy atom. The van der Waals surface area contributed by atoms with E-state index in [0.29, 0.717) is 18.1 Å². The second-order valence-electron chi connectivity index (χ2n) is 8.97. The maximum atomic E-state index is 6.55. The van der Waals surface area contributed by atoms with Crippen molar-refractivity contribution in [3.05, 3.63) is 82.0 Å². The van der Waals surface area contributed by atoms with Gasteiger partial charge in [0, 0.05) is 0 Å². The van der Waals surface area contributed by atoms with E-state index >= 15 is 0 Å². The quantitative estimate of drug-likeness (QED) is 0.404. The van der Waals surface area contributed by atoms with E-state index in [4.69, 9.17) is 4.74 Å². The van der Waals surface area contributed by atoms with Gasteiger partial charge in [0.2, 0.25) is 0 Å². The van der Waals surface area contributed by atoms with Gasteiger partial charge in [-0.15, -0.1) is 0 Å². The monoisotopic (exact) mass is 470 g/mol. The second kappa shape index (κ2) is 9.93. The molecule has 3 rings (SSSR count). The predicted molar refractivity (Wildman–Crippen MR) is 119 cm³/mol. The van der Waals surface area contributed by atoms with Crippen molar-refractivity contribution in [3.8, 4) is 0 Å². The zero-order valence-corrected chi connectivity index (χ0v) is 20.0. The first kappa shape index (κ1) is 20.7. The second-order valence-corrected chi connectivity index (χ2v) is 23.4. The molecule has 0 spiro atoms. The van der Waals surface area contributed by atoms with E-state index < -0.39 is 18.4 Å². The summed E-state index contributed by atoms with van der Waals surface area (Å²) in [6.07, 6.45) is 8.96. The fraction of sp³-hybridized carbons (Fsp3) is 0.440. The Balaban J connectivity index is 1.60. The average Bonchev–Trinajstić information content (AvgIpc) is 3.06. The van der Waals surface area contributed by atoms with E-state index in [2.05, 4.69) is 85.7 Å². The number of benzene rings is 2. The number of ether oxygens (including phenoxy) is 1. The molecule has 1 saturated heterocycles. The fourth-order valence-electron chi connectivity index (χ4n) is 3.87. The van der Waals surface area contributed by atoms with Crippen LogP contribution in [0.2, 0.25) is 14.8 Å². The number of hydrogen-bond donors (Lipinski definition) is 0. The molecule has 144 valence electrons. The van der Waals surface area contributed by atoms with E-state index in [-0.39, 0.29) is 0 Å².